The molecule has 0 nitrogen and oxygen atoms in total. The van der Waals surface area contributed by atoms with Crippen LogP contribution < -0.4 is 0 Å². The van der Waals surface area contributed by atoms with Gasteiger partial charge in [0, 0.05) is 0 Å². The van der Waals surface area contributed by atoms with Gasteiger partial charge < -0.3 is 0 Å². The van der Waals surface area contributed by atoms with Gasteiger partial charge in [-0.3, -0.25) is 0 Å². The first-order chi connectivity index (χ1) is 8.04. The van der Waals surface area contributed by atoms with Crippen LogP contribution in [-0.2, 0) is 0 Å². The second-order valence-corrected chi connectivity index (χ2v) is 4.40. The molecule has 0 aromatic heterocycles. The molecule has 0 aliphatic rings. The predicted octanol–water partition coefficient (Wildman–Crippen LogP) is 5.39. The first-order valence-corrected chi connectivity index (χ1v) is 5.99. The van der Waals surface area contributed by atoms with Gasteiger partial charge in [-0.25, -0.2) is 0 Å². The molecule has 0 aliphatic heterocycles. The molecule has 0 atom stereocenters. The number of rotatable bonds is 7. The zero-order chi connectivity index (χ0) is 13.3. The lowest BCUT2D eigenvalue weighted by molar-refractivity contribution is 0.792. The topological polar surface area (TPSA) is 0 Å². The van der Waals surface area contributed by atoms with E-state index < -0.39 is 0 Å². The molecule has 0 unspecified atom stereocenters. The lowest BCUT2D eigenvalue weighted by Gasteiger charge is -2.05. The van der Waals surface area contributed by atoms with Crippen molar-refractivity contribution in [2.24, 2.45) is 5.92 Å². The summed E-state index contributed by atoms with van der Waals surface area (Å²) in [6, 6.07) is 0. The molecule has 0 aromatic carbocycles. The lowest BCUT2D eigenvalue weighted by atomic mass is 10.0. The Hall–Kier alpha value is -1.56. The van der Waals surface area contributed by atoms with Gasteiger partial charge in [-0.2, -0.15) is 0 Å². The van der Waals surface area contributed by atoms with Crippen LogP contribution in [0.4, 0.5) is 0 Å². The van der Waals surface area contributed by atoms with Gasteiger partial charge in [-0.15, -0.1) is 0 Å². The van der Waals surface area contributed by atoms with Gasteiger partial charge in [-0.1, -0.05) is 75.6 Å². The van der Waals surface area contributed by atoms with Crippen molar-refractivity contribution in [1.29, 1.82) is 0 Å². The van der Waals surface area contributed by atoms with Crippen LogP contribution >= 0.6 is 0 Å². The van der Waals surface area contributed by atoms with E-state index in [4.69, 9.17) is 0 Å². The Labute approximate surface area is 106 Å². The largest absolute Gasteiger partial charge is 0.0991 e. The SMILES string of the molecule is C=C/C=C(\C=C)C/C(C)=C/C=C(\C=C)C(C)C. The average molecular weight is 228 g/mol. The smallest absolute Gasteiger partial charge is 0.00670 e. The molecule has 0 heterocycles. The fraction of sp³-hybridized carbons (Fsp3) is 0.294. The summed E-state index contributed by atoms with van der Waals surface area (Å²) in [5.74, 6) is 0.513. The van der Waals surface area contributed by atoms with Gasteiger partial charge in [-0.05, 0) is 30.4 Å². The van der Waals surface area contributed by atoms with Gasteiger partial charge in [0.25, 0.3) is 0 Å². The molecule has 92 valence electrons. The minimum absolute atomic E-state index is 0.513. The van der Waals surface area contributed by atoms with Gasteiger partial charge in [0.05, 0.1) is 0 Å². The maximum absolute atomic E-state index is 3.83. The first-order valence-electron chi connectivity index (χ1n) is 5.99. The highest BCUT2D eigenvalue weighted by molar-refractivity contribution is 5.30. The summed E-state index contributed by atoms with van der Waals surface area (Å²) in [5, 5.41) is 0. The molecule has 0 saturated carbocycles. The highest BCUT2D eigenvalue weighted by Gasteiger charge is 1.97. The molecule has 0 spiro atoms. The number of allylic oxidation sites excluding steroid dienone is 9. The first kappa shape index (κ1) is 15.4. The van der Waals surface area contributed by atoms with E-state index in [9.17, 15) is 0 Å². The molecule has 0 N–H and O–H groups in total. The highest BCUT2D eigenvalue weighted by atomic mass is 14.0. The van der Waals surface area contributed by atoms with E-state index in [1.165, 1.54) is 16.7 Å². The zero-order valence-electron chi connectivity index (χ0n) is 11.4. The van der Waals surface area contributed by atoms with Crippen LogP contribution in [-0.4, -0.2) is 0 Å². The molecule has 0 rings (SSSR count). The maximum atomic E-state index is 3.83. The summed E-state index contributed by atoms with van der Waals surface area (Å²) < 4.78 is 0. The Bertz CT molecular complexity index is 359. The van der Waals surface area contributed by atoms with Crippen molar-refractivity contribution in [3.63, 3.8) is 0 Å². The molecule has 0 heteroatoms. The summed E-state index contributed by atoms with van der Waals surface area (Å²) in [6.07, 6.45) is 12.8. The Morgan fingerprint density at radius 2 is 1.65 bits per heavy atom. The second-order valence-electron chi connectivity index (χ2n) is 4.40. The standard InChI is InChI=1S/C17H24/c1-7-10-16(8-2)13-15(6)11-12-17(9-3)14(4)5/h7-12,14H,1-3,13H2,4-6H3/b15-11+,16-10+,17-12+. The van der Waals surface area contributed by atoms with Crippen LogP contribution in [0.5, 0.6) is 0 Å². The quantitative estimate of drug-likeness (QED) is 0.512. The van der Waals surface area contributed by atoms with E-state index >= 15 is 0 Å². The van der Waals surface area contributed by atoms with Gasteiger partial charge in [0.1, 0.15) is 0 Å². The molecule has 0 fully saturated rings. The van der Waals surface area contributed by atoms with Crippen molar-refractivity contribution in [3.05, 3.63) is 72.9 Å². The zero-order valence-corrected chi connectivity index (χ0v) is 11.4. The Balaban J connectivity index is 4.76. The monoisotopic (exact) mass is 228 g/mol. The minimum Gasteiger partial charge on any atom is -0.0991 e. The predicted molar refractivity (Wildman–Crippen MR) is 80.0 cm³/mol. The normalized spacial score (nSPS) is 13.8. The third kappa shape index (κ3) is 6.57. The van der Waals surface area contributed by atoms with Crippen LogP contribution in [0.2, 0.25) is 0 Å². The van der Waals surface area contributed by atoms with Gasteiger partial charge >= 0.3 is 0 Å². The summed E-state index contributed by atoms with van der Waals surface area (Å²) in [7, 11) is 0. The van der Waals surface area contributed by atoms with E-state index in [0.29, 0.717) is 5.92 Å². The fourth-order valence-electron chi connectivity index (χ4n) is 1.47. The van der Waals surface area contributed by atoms with Crippen molar-refractivity contribution in [2.75, 3.05) is 0 Å². The van der Waals surface area contributed by atoms with Crippen molar-refractivity contribution in [3.8, 4) is 0 Å². The van der Waals surface area contributed by atoms with Crippen molar-refractivity contribution >= 4 is 0 Å². The average Bonchev–Trinajstić information content (AvgIpc) is 2.28. The van der Waals surface area contributed by atoms with E-state index in [0.717, 1.165) is 6.42 Å². The van der Waals surface area contributed by atoms with Crippen LogP contribution in [0, 0.1) is 5.92 Å². The highest BCUT2D eigenvalue weighted by Crippen LogP contribution is 2.14. The Kier molecular flexibility index (Phi) is 7.79. The summed E-state index contributed by atoms with van der Waals surface area (Å²) >= 11 is 0. The van der Waals surface area contributed by atoms with Crippen LogP contribution in [0.25, 0.3) is 0 Å². The Morgan fingerprint density at radius 3 is 2.06 bits per heavy atom. The molecule has 0 saturated heterocycles. The minimum atomic E-state index is 0.513. The van der Waals surface area contributed by atoms with Gasteiger partial charge in [0.2, 0.25) is 0 Å². The molecule has 0 radical (unpaired) electrons. The van der Waals surface area contributed by atoms with E-state index in [1.54, 1.807) is 6.08 Å². The molecule has 0 bridgehead atoms. The summed E-state index contributed by atoms with van der Waals surface area (Å²) in [5.41, 5.74) is 3.75. The van der Waals surface area contributed by atoms with Crippen LogP contribution in [0.3, 0.4) is 0 Å². The molecule has 0 aliphatic carbocycles. The van der Waals surface area contributed by atoms with Crippen LogP contribution in [0.15, 0.2) is 72.9 Å². The van der Waals surface area contributed by atoms with E-state index in [2.05, 4.69) is 52.7 Å². The third-order valence-electron chi connectivity index (χ3n) is 2.54. The summed E-state index contributed by atoms with van der Waals surface area (Å²) in [4.78, 5) is 0. The van der Waals surface area contributed by atoms with Crippen LogP contribution in [0.1, 0.15) is 27.2 Å². The Morgan fingerprint density at radius 1 is 1.00 bits per heavy atom. The number of hydrogen-bond acceptors (Lipinski definition) is 0. The van der Waals surface area contributed by atoms with E-state index in [1.807, 2.05) is 18.2 Å². The number of hydrogen-bond donors (Lipinski definition) is 0. The fourth-order valence-corrected chi connectivity index (χ4v) is 1.47. The molecule has 0 amide bonds. The van der Waals surface area contributed by atoms with E-state index in [-0.39, 0.29) is 0 Å². The summed E-state index contributed by atoms with van der Waals surface area (Å²) in [6.45, 7) is 17.8. The second kappa shape index (κ2) is 8.58. The lowest BCUT2D eigenvalue weighted by Crippen LogP contribution is -1.89. The molecular formula is C17H24. The molecular weight excluding hydrogens is 204 g/mol. The van der Waals surface area contributed by atoms with Crippen molar-refractivity contribution in [2.45, 2.75) is 27.2 Å². The molecule has 0 aromatic rings. The third-order valence-corrected chi connectivity index (χ3v) is 2.54. The van der Waals surface area contributed by atoms with Gasteiger partial charge in [0.15, 0.2) is 0 Å². The van der Waals surface area contributed by atoms with Crippen molar-refractivity contribution in [1.82, 2.24) is 0 Å². The molecule has 17 heavy (non-hydrogen) atoms. The maximum Gasteiger partial charge on any atom is -0.00670 e. The van der Waals surface area contributed by atoms with Crippen molar-refractivity contribution < 1.29 is 0 Å².